The van der Waals surface area contributed by atoms with E-state index in [0.29, 0.717) is 12.1 Å². The SMILES string of the molecule is CCC(CC)N(CC(C)C)C(C)CNCCOC. The molecule has 0 amide bonds. The average Bonchev–Trinajstić information content (AvgIpc) is 2.34. The summed E-state index contributed by atoms with van der Waals surface area (Å²) < 4.78 is 5.06. The van der Waals surface area contributed by atoms with Gasteiger partial charge in [-0.2, -0.15) is 0 Å². The highest BCUT2D eigenvalue weighted by Gasteiger charge is 2.21. The molecule has 0 saturated carbocycles. The van der Waals surface area contributed by atoms with Crippen LogP contribution in [-0.4, -0.2) is 50.3 Å². The quantitative estimate of drug-likeness (QED) is 0.577. The second-order valence-corrected chi connectivity index (χ2v) is 5.61. The zero-order chi connectivity index (χ0) is 14.0. The van der Waals surface area contributed by atoms with E-state index in [-0.39, 0.29) is 0 Å². The first-order valence-electron chi connectivity index (χ1n) is 7.52. The standard InChI is InChI=1S/C15H34N2O/c1-7-15(8-2)17(12-13(3)4)14(5)11-16-9-10-18-6/h13-16H,7-12H2,1-6H3. The van der Waals surface area contributed by atoms with Crippen LogP contribution in [0.1, 0.15) is 47.5 Å². The average molecular weight is 258 g/mol. The summed E-state index contributed by atoms with van der Waals surface area (Å²) in [5.41, 5.74) is 0. The maximum absolute atomic E-state index is 5.06. The summed E-state index contributed by atoms with van der Waals surface area (Å²) in [6.07, 6.45) is 2.48. The van der Waals surface area contributed by atoms with Crippen LogP contribution in [0.4, 0.5) is 0 Å². The summed E-state index contributed by atoms with van der Waals surface area (Å²) in [7, 11) is 1.75. The topological polar surface area (TPSA) is 24.5 Å². The Bertz CT molecular complexity index is 181. The first-order chi connectivity index (χ1) is 8.56. The van der Waals surface area contributed by atoms with Gasteiger partial charge in [0, 0.05) is 38.8 Å². The predicted molar refractivity (Wildman–Crippen MR) is 80.1 cm³/mol. The lowest BCUT2D eigenvalue weighted by Gasteiger charge is -2.37. The molecule has 0 aromatic rings. The Morgan fingerprint density at radius 2 is 1.72 bits per heavy atom. The van der Waals surface area contributed by atoms with E-state index in [2.05, 4.69) is 44.8 Å². The third-order valence-electron chi connectivity index (χ3n) is 3.48. The fraction of sp³-hybridized carbons (Fsp3) is 1.00. The van der Waals surface area contributed by atoms with Crippen molar-refractivity contribution in [2.75, 3.05) is 33.4 Å². The molecule has 0 bridgehead atoms. The van der Waals surface area contributed by atoms with Crippen molar-refractivity contribution in [3.63, 3.8) is 0 Å². The third kappa shape index (κ3) is 7.34. The summed E-state index contributed by atoms with van der Waals surface area (Å²) in [6, 6.07) is 1.31. The number of hydrogen-bond acceptors (Lipinski definition) is 3. The minimum absolute atomic E-state index is 0.592. The van der Waals surface area contributed by atoms with Crippen LogP contribution in [0.2, 0.25) is 0 Å². The van der Waals surface area contributed by atoms with Crippen molar-refractivity contribution in [3.05, 3.63) is 0 Å². The van der Waals surface area contributed by atoms with E-state index in [9.17, 15) is 0 Å². The van der Waals surface area contributed by atoms with E-state index in [1.807, 2.05) is 0 Å². The Morgan fingerprint density at radius 3 is 2.17 bits per heavy atom. The normalized spacial score (nSPS) is 13.8. The van der Waals surface area contributed by atoms with Crippen molar-refractivity contribution >= 4 is 0 Å². The van der Waals surface area contributed by atoms with Gasteiger partial charge in [0.05, 0.1) is 6.61 Å². The van der Waals surface area contributed by atoms with Crippen LogP contribution >= 0.6 is 0 Å². The molecule has 18 heavy (non-hydrogen) atoms. The van der Waals surface area contributed by atoms with Gasteiger partial charge < -0.3 is 10.1 Å². The van der Waals surface area contributed by atoms with Gasteiger partial charge in [0.25, 0.3) is 0 Å². The predicted octanol–water partition coefficient (Wildman–Crippen LogP) is 2.76. The zero-order valence-corrected chi connectivity index (χ0v) is 13.3. The first-order valence-corrected chi connectivity index (χ1v) is 7.52. The van der Waals surface area contributed by atoms with Crippen LogP contribution in [0, 0.1) is 5.92 Å². The molecule has 0 fully saturated rings. The van der Waals surface area contributed by atoms with Gasteiger partial charge in [-0.25, -0.2) is 0 Å². The van der Waals surface area contributed by atoms with Gasteiger partial charge in [0.15, 0.2) is 0 Å². The van der Waals surface area contributed by atoms with Crippen LogP contribution in [0.5, 0.6) is 0 Å². The molecular weight excluding hydrogens is 224 g/mol. The summed E-state index contributed by atoms with van der Waals surface area (Å²) >= 11 is 0. The molecule has 0 aromatic carbocycles. The first kappa shape index (κ1) is 17.9. The maximum Gasteiger partial charge on any atom is 0.0587 e. The lowest BCUT2D eigenvalue weighted by atomic mass is 10.0. The molecule has 0 rings (SSSR count). The molecule has 0 aliphatic heterocycles. The smallest absolute Gasteiger partial charge is 0.0587 e. The lowest BCUT2D eigenvalue weighted by molar-refractivity contribution is 0.114. The van der Waals surface area contributed by atoms with Gasteiger partial charge in [-0.3, -0.25) is 4.90 Å². The van der Waals surface area contributed by atoms with E-state index in [4.69, 9.17) is 4.74 Å². The molecule has 0 aliphatic rings. The van der Waals surface area contributed by atoms with Gasteiger partial charge in [0.2, 0.25) is 0 Å². The second-order valence-electron chi connectivity index (χ2n) is 5.61. The Hall–Kier alpha value is -0.120. The van der Waals surface area contributed by atoms with Gasteiger partial charge in [-0.1, -0.05) is 27.7 Å². The maximum atomic E-state index is 5.06. The molecule has 0 saturated heterocycles. The highest BCUT2D eigenvalue weighted by Crippen LogP contribution is 2.14. The summed E-state index contributed by atoms with van der Waals surface area (Å²) in [6.45, 7) is 15.5. The molecule has 110 valence electrons. The van der Waals surface area contributed by atoms with Crippen LogP contribution < -0.4 is 5.32 Å². The van der Waals surface area contributed by atoms with Crippen molar-refractivity contribution in [2.45, 2.75) is 59.5 Å². The van der Waals surface area contributed by atoms with Crippen molar-refractivity contribution in [1.29, 1.82) is 0 Å². The monoisotopic (exact) mass is 258 g/mol. The van der Waals surface area contributed by atoms with Gasteiger partial charge in [0.1, 0.15) is 0 Å². The van der Waals surface area contributed by atoms with E-state index in [1.54, 1.807) is 7.11 Å². The molecule has 1 unspecified atom stereocenters. The van der Waals surface area contributed by atoms with Gasteiger partial charge >= 0.3 is 0 Å². The molecular formula is C15H34N2O. The highest BCUT2D eigenvalue weighted by atomic mass is 16.5. The van der Waals surface area contributed by atoms with E-state index in [1.165, 1.54) is 19.4 Å². The lowest BCUT2D eigenvalue weighted by Crippen LogP contribution is -2.48. The Labute approximate surface area is 114 Å². The highest BCUT2D eigenvalue weighted by molar-refractivity contribution is 4.77. The molecule has 0 spiro atoms. The van der Waals surface area contributed by atoms with E-state index in [0.717, 1.165) is 25.6 Å². The van der Waals surface area contributed by atoms with Crippen LogP contribution in [-0.2, 0) is 4.74 Å². The Balaban J connectivity index is 4.25. The molecule has 3 nitrogen and oxygen atoms in total. The van der Waals surface area contributed by atoms with Gasteiger partial charge in [-0.05, 0) is 25.7 Å². The minimum Gasteiger partial charge on any atom is -0.383 e. The fourth-order valence-corrected chi connectivity index (χ4v) is 2.47. The summed E-state index contributed by atoms with van der Waals surface area (Å²) in [4.78, 5) is 2.67. The number of rotatable bonds is 11. The Kier molecular flexibility index (Phi) is 10.7. The van der Waals surface area contributed by atoms with Crippen LogP contribution in [0.3, 0.4) is 0 Å². The number of ether oxygens (including phenoxy) is 1. The fourth-order valence-electron chi connectivity index (χ4n) is 2.47. The van der Waals surface area contributed by atoms with Crippen molar-refractivity contribution in [1.82, 2.24) is 10.2 Å². The largest absolute Gasteiger partial charge is 0.383 e. The molecule has 0 radical (unpaired) electrons. The van der Waals surface area contributed by atoms with E-state index < -0.39 is 0 Å². The third-order valence-corrected chi connectivity index (χ3v) is 3.48. The second kappa shape index (κ2) is 10.8. The van der Waals surface area contributed by atoms with Crippen LogP contribution in [0.25, 0.3) is 0 Å². The molecule has 0 heterocycles. The molecule has 0 aliphatic carbocycles. The minimum atomic E-state index is 0.592. The van der Waals surface area contributed by atoms with E-state index >= 15 is 0 Å². The number of nitrogens with one attached hydrogen (secondary N) is 1. The number of methoxy groups -OCH3 is 1. The molecule has 0 aromatic heterocycles. The van der Waals surface area contributed by atoms with Crippen molar-refractivity contribution in [2.24, 2.45) is 5.92 Å². The summed E-state index contributed by atoms with van der Waals surface area (Å²) in [5.74, 6) is 0.729. The number of hydrogen-bond donors (Lipinski definition) is 1. The summed E-state index contributed by atoms with van der Waals surface area (Å²) in [5, 5.41) is 3.48. The number of nitrogens with zero attached hydrogens (tertiary/aromatic N) is 1. The van der Waals surface area contributed by atoms with Crippen LogP contribution in [0.15, 0.2) is 0 Å². The van der Waals surface area contributed by atoms with Crippen molar-refractivity contribution < 1.29 is 4.74 Å². The molecule has 1 atom stereocenters. The van der Waals surface area contributed by atoms with Gasteiger partial charge in [-0.15, -0.1) is 0 Å². The molecule has 1 N–H and O–H groups in total. The zero-order valence-electron chi connectivity index (χ0n) is 13.3. The molecule has 3 heteroatoms. The Morgan fingerprint density at radius 1 is 1.11 bits per heavy atom. The van der Waals surface area contributed by atoms with Crippen molar-refractivity contribution in [3.8, 4) is 0 Å².